The van der Waals surface area contributed by atoms with Crippen LogP contribution in [0.25, 0.3) is 10.3 Å². The standard InChI is InChI=1S/C22H26FN7O2S/c1-11(13-6-14(23)8-24-7-13)25-21-28-16(17-18(29-21)26-12(2)33-17)19(31)30-9-15(10-30)27-20(32)22(3,4)5/h6-8,11,15H,9-10H2,1-5H3,(H,27,32)(H,25,28,29). The molecule has 2 N–H and O–H groups in total. The van der Waals surface area contributed by atoms with Gasteiger partial charge >= 0.3 is 0 Å². The van der Waals surface area contributed by atoms with E-state index in [1.807, 2.05) is 34.6 Å². The number of aryl methyl sites for hydroxylation is 1. The van der Waals surface area contributed by atoms with Crippen LogP contribution in [0, 0.1) is 18.2 Å². The fourth-order valence-corrected chi connectivity index (χ4v) is 4.21. The van der Waals surface area contributed by atoms with Crippen LogP contribution in [0.1, 0.15) is 54.8 Å². The molecule has 11 heteroatoms. The molecule has 0 aliphatic carbocycles. The zero-order valence-corrected chi connectivity index (χ0v) is 20.0. The van der Waals surface area contributed by atoms with Crippen molar-refractivity contribution in [3.05, 3.63) is 40.5 Å². The van der Waals surface area contributed by atoms with Gasteiger partial charge < -0.3 is 15.5 Å². The van der Waals surface area contributed by atoms with Crippen molar-refractivity contribution in [2.24, 2.45) is 5.41 Å². The van der Waals surface area contributed by atoms with Crippen LogP contribution < -0.4 is 10.6 Å². The molecule has 0 aromatic carbocycles. The van der Waals surface area contributed by atoms with Gasteiger partial charge in [0.15, 0.2) is 11.3 Å². The van der Waals surface area contributed by atoms with E-state index in [0.29, 0.717) is 29.0 Å². The van der Waals surface area contributed by atoms with E-state index in [9.17, 15) is 14.0 Å². The Morgan fingerprint density at radius 1 is 1.21 bits per heavy atom. The number of nitrogens with zero attached hydrogens (tertiary/aromatic N) is 5. The van der Waals surface area contributed by atoms with Crippen molar-refractivity contribution >= 4 is 39.4 Å². The Balaban J connectivity index is 1.54. The summed E-state index contributed by atoms with van der Waals surface area (Å²) in [5, 5.41) is 6.86. The molecular formula is C22H26FN7O2S. The first-order valence-electron chi connectivity index (χ1n) is 10.6. The molecule has 1 aliphatic rings. The van der Waals surface area contributed by atoms with Crippen molar-refractivity contribution in [3.8, 4) is 0 Å². The number of amides is 2. The van der Waals surface area contributed by atoms with Crippen LogP contribution in [0.4, 0.5) is 10.3 Å². The van der Waals surface area contributed by atoms with Crippen LogP contribution in [0.15, 0.2) is 18.5 Å². The number of likely N-dealkylation sites (tertiary alicyclic amines) is 1. The van der Waals surface area contributed by atoms with Crippen molar-refractivity contribution in [2.45, 2.75) is 46.7 Å². The van der Waals surface area contributed by atoms with Gasteiger partial charge in [0.25, 0.3) is 5.91 Å². The number of aromatic nitrogens is 4. The van der Waals surface area contributed by atoms with Crippen molar-refractivity contribution in [2.75, 3.05) is 18.4 Å². The van der Waals surface area contributed by atoms with Crippen molar-refractivity contribution in [3.63, 3.8) is 0 Å². The fraction of sp³-hybridized carbons (Fsp3) is 0.455. The van der Waals surface area contributed by atoms with Gasteiger partial charge in [-0.3, -0.25) is 14.6 Å². The van der Waals surface area contributed by atoms with E-state index in [1.54, 1.807) is 11.1 Å². The maximum atomic E-state index is 13.6. The van der Waals surface area contributed by atoms with Gasteiger partial charge in [0.05, 0.1) is 23.3 Å². The summed E-state index contributed by atoms with van der Waals surface area (Å²) in [6, 6.07) is 0.961. The summed E-state index contributed by atoms with van der Waals surface area (Å²) in [6.07, 6.45) is 2.70. The largest absolute Gasteiger partial charge is 0.349 e. The quantitative estimate of drug-likeness (QED) is 0.588. The van der Waals surface area contributed by atoms with E-state index in [1.165, 1.54) is 17.4 Å². The molecule has 0 radical (unpaired) electrons. The number of hydrogen-bond acceptors (Lipinski definition) is 8. The maximum absolute atomic E-state index is 13.6. The molecule has 1 unspecified atom stereocenters. The average molecular weight is 472 g/mol. The Morgan fingerprint density at radius 3 is 2.61 bits per heavy atom. The first kappa shape index (κ1) is 23.0. The summed E-state index contributed by atoms with van der Waals surface area (Å²) < 4.78 is 14.2. The topological polar surface area (TPSA) is 113 Å². The second kappa shape index (κ2) is 8.62. The Kier molecular flexibility index (Phi) is 6.00. The van der Waals surface area contributed by atoms with E-state index in [2.05, 4.69) is 30.6 Å². The lowest BCUT2D eigenvalue weighted by molar-refractivity contribution is -0.130. The predicted octanol–water partition coefficient (Wildman–Crippen LogP) is 3.09. The van der Waals surface area contributed by atoms with Gasteiger partial charge in [-0.15, -0.1) is 11.3 Å². The molecule has 1 saturated heterocycles. The third-order valence-corrected chi connectivity index (χ3v) is 6.29. The summed E-state index contributed by atoms with van der Waals surface area (Å²) in [7, 11) is 0. The number of carbonyl (C=O) groups excluding carboxylic acids is 2. The number of nitrogens with one attached hydrogen (secondary N) is 2. The van der Waals surface area contributed by atoms with Gasteiger partial charge in [-0.2, -0.15) is 4.98 Å². The molecule has 0 bridgehead atoms. The molecule has 9 nitrogen and oxygen atoms in total. The van der Waals surface area contributed by atoms with Crippen molar-refractivity contribution in [1.82, 2.24) is 30.2 Å². The Bertz CT molecular complexity index is 1220. The maximum Gasteiger partial charge on any atom is 0.274 e. The van der Waals surface area contributed by atoms with Gasteiger partial charge in [0.2, 0.25) is 11.9 Å². The highest BCUT2D eigenvalue weighted by Crippen LogP contribution is 2.28. The van der Waals surface area contributed by atoms with Crippen LogP contribution in [-0.4, -0.2) is 55.8 Å². The number of halogens is 1. The van der Waals surface area contributed by atoms with E-state index in [-0.39, 0.29) is 35.5 Å². The monoisotopic (exact) mass is 471 g/mol. The molecule has 1 aliphatic heterocycles. The van der Waals surface area contributed by atoms with E-state index >= 15 is 0 Å². The van der Waals surface area contributed by atoms with Gasteiger partial charge in [0, 0.05) is 24.7 Å². The molecule has 4 heterocycles. The highest BCUT2D eigenvalue weighted by atomic mass is 32.1. The van der Waals surface area contributed by atoms with Crippen LogP contribution in [0.3, 0.4) is 0 Å². The summed E-state index contributed by atoms with van der Waals surface area (Å²) in [5.41, 5.74) is 0.832. The van der Waals surface area contributed by atoms with Gasteiger partial charge in [-0.25, -0.2) is 14.4 Å². The number of anilines is 1. The lowest BCUT2D eigenvalue weighted by atomic mass is 9.94. The highest BCUT2D eigenvalue weighted by molar-refractivity contribution is 7.18. The van der Waals surface area contributed by atoms with E-state index < -0.39 is 11.2 Å². The number of carbonyl (C=O) groups is 2. The third kappa shape index (κ3) is 4.92. The molecule has 3 aromatic rings. The highest BCUT2D eigenvalue weighted by Gasteiger charge is 2.36. The zero-order valence-electron chi connectivity index (χ0n) is 19.1. The van der Waals surface area contributed by atoms with Crippen molar-refractivity contribution in [1.29, 1.82) is 0 Å². The molecule has 174 valence electrons. The summed E-state index contributed by atoms with van der Waals surface area (Å²) in [4.78, 5) is 44.3. The SMILES string of the molecule is Cc1nc2nc(NC(C)c3cncc(F)c3)nc(C(=O)N3CC(NC(=O)C(C)(C)C)C3)c2s1. The van der Waals surface area contributed by atoms with E-state index in [0.717, 1.165) is 11.2 Å². The van der Waals surface area contributed by atoms with Crippen LogP contribution in [-0.2, 0) is 4.79 Å². The molecular weight excluding hydrogens is 445 g/mol. The molecule has 0 saturated carbocycles. The van der Waals surface area contributed by atoms with Crippen LogP contribution in [0.2, 0.25) is 0 Å². The normalized spacial score (nSPS) is 15.3. The van der Waals surface area contributed by atoms with E-state index in [4.69, 9.17) is 0 Å². The number of hydrogen-bond donors (Lipinski definition) is 2. The zero-order chi connectivity index (χ0) is 23.9. The molecule has 1 atom stereocenters. The van der Waals surface area contributed by atoms with Crippen molar-refractivity contribution < 1.29 is 14.0 Å². The summed E-state index contributed by atoms with van der Waals surface area (Å²) in [5.74, 6) is -0.495. The molecule has 4 rings (SSSR count). The molecule has 33 heavy (non-hydrogen) atoms. The second-order valence-electron chi connectivity index (χ2n) is 9.21. The minimum Gasteiger partial charge on any atom is -0.349 e. The van der Waals surface area contributed by atoms with Gasteiger partial charge in [-0.05, 0) is 25.5 Å². The molecule has 2 amide bonds. The predicted molar refractivity (Wildman–Crippen MR) is 123 cm³/mol. The summed E-state index contributed by atoms with van der Waals surface area (Å²) >= 11 is 1.36. The van der Waals surface area contributed by atoms with Gasteiger partial charge in [0.1, 0.15) is 10.5 Å². The summed E-state index contributed by atoms with van der Waals surface area (Å²) in [6.45, 7) is 10.1. The fourth-order valence-electron chi connectivity index (χ4n) is 3.37. The molecule has 0 spiro atoms. The first-order valence-corrected chi connectivity index (χ1v) is 11.5. The number of pyridine rings is 1. The molecule has 1 fully saturated rings. The van der Waals surface area contributed by atoms with Gasteiger partial charge in [-0.1, -0.05) is 20.8 Å². The lowest BCUT2D eigenvalue weighted by Gasteiger charge is -2.40. The smallest absolute Gasteiger partial charge is 0.274 e. The second-order valence-corrected chi connectivity index (χ2v) is 10.4. The average Bonchev–Trinajstić information content (AvgIpc) is 3.08. The Morgan fingerprint density at radius 2 is 1.94 bits per heavy atom. The number of rotatable bonds is 5. The minimum atomic E-state index is -0.488. The number of thiazole rings is 1. The minimum absolute atomic E-state index is 0.0468. The Labute approximate surface area is 194 Å². The lowest BCUT2D eigenvalue weighted by Crippen LogP contribution is -2.62. The third-order valence-electron chi connectivity index (χ3n) is 5.32. The molecule has 3 aromatic heterocycles. The van der Waals surface area contributed by atoms with Crippen LogP contribution >= 0.6 is 11.3 Å². The number of fused-ring (bicyclic) bond motifs is 1. The van der Waals surface area contributed by atoms with Crippen LogP contribution in [0.5, 0.6) is 0 Å². The Hall–Kier alpha value is -3.21. The first-order chi connectivity index (χ1) is 15.5.